The molecule has 1 saturated heterocycles. The van der Waals surface area contributed by atoms with Crippen LogP contribution in [0, 0.1) is 19.8 Å². The topological polar surface area (TPSA) is 41.6 Å². The minimum absolute atomic E-state index is 0.0651. The van der Waals surface area contributed by atoms with Crippen LogP contribution in [-0.4, -0.2) is 25.1 Å². The van der Waals surface area contributed by atoms with Crippen LogP contribution in [0.5, 0.6) is 5.75 Å². The number of anilines is 1. The van der Waals surface area contributed by atoms with Gasteiger partial charge in [-0.1, -0.05) is 43.7 Å². The van der Waals surface area contributed by atoms with Crippen LogP contribution in [0.1, 0.15) is 62.8 Å². The molecule has 0 unspecified atom stereocenters. The fraction of sp³-hybridized carbons (Fsp3) is 0.500. The van der Waals surface area contributed by atoms with Gasteiger partial charge < -0.3 is 15.0 Å². The summed E-state index contributed by atoms with van der Waals surface area (Å²) in [4.78, 5) is 15.3. The Morgan fingerprint density at radius 3 is 2.40 bits per heavy atom. The van der Waals surface area contributed by atoms with Crippen molar-refractivity contribution in [2.45, 2.75) is 66.0 Å². The smallest absolute Gasteiger partial charge is 0.261 e. The number of amides is 1. The molecular weight excluding hydrogens is 372 g/mol. The van der Waals surface area contributed by atoms with E-state index in [2.05, 4.69) is 54.4 Å². The molecule has 4 heteroatoms. The highest BCUT2D eigenvalue weighted by Gasteiger charge is 2.22. The Morgan fingerprint density at radius 2 is 1.80 bits per heavy atom. The lowest BCUT2D eigenvalue weighted by Gasteiger charge is -2.32. The van der Waals surface area contributed by atoms with Gasteiger partial charge in [-0.2, -0.15) is 0 Å². The summed E-state index contributed by atoms with van der Waals surface area (Å²) in [7, 11) is 0. The lowest BCUT2D eigenvalue weighted by molar-refractivity contribution is -0.128. The molecule has 1 amide bonds. The number of ether oxygens (including phenoxy) is 1. The van der Waals surface area contributed by atoms with Crippen molar-refractivity contribution >= 4 is 11.6 Å². The van der Waals surface area contributed by atoms with Crippen LogP contribution in [0.25, 0.3) is 0 Å². The Bertz CT molecular complexity index is 839. The molecule has 2 aromatic carbocycles. The zero-order valence-corrected chi connectivity index (χ0v) is 19.1. The third-order valence-electron chi connectivity index (χ3n) is 6.16. The second-order valence-corrected chi connectivity index (χ2v) is 8.78. The average Bonchev–Trinajstić information content (AvgIpc) is 2.74. The largest absolute Gasteiger partial charge is 0.480 e. The quantitative estimate of drug-likeness (QED) is 0.651. The van der Waals surface area contributed by atoms with Gasteiger partial charge in [0.2, 0.25) is 0 Å². The molecule has 0 bridgehead atoms. The first-order valence-electron chi connectivity index (χ1n) is 11.3. The molecule has 3 rings (SSSR count). The fourth-order valence-corrected chi connectivity index (χ4v) is 4.04. The highest BCUT2D eigenvalue weighted by molar-refractivity contribution is 5.81. The van der Waals surface area contributed by atoms with Gasteiger partial charge >= 0.3 is 0 Å². The molecule has 1 heterocycles. The second kappa shape index (κ2) is 10.0. The van der Waals surface area contributed by atoms with E-state index in [9.17, 15) is 4.79 Å². The van der Waals surface area contributed by atoms with Gasteiger partial charge in [0.1, 0.15) is 5.75 Å². The molecule has 0 radical (unpaired) electrons. The van der Waals surface area contributed by atoms with E-state index in [0.29, 0.717) is 6.42 Å². The molecule has 0 aliphatic carbocycles. The van der Waals surface area contributed by atoms with Gasteiger partial charge in [0.05, 0.1) is 6.04 Å². The number of nitrogens with one attached hydrogen (secondary N) is 1. The van der Waals surface area contributed by atoms with Gasteiger partial charge in [-0.3, -0.25) is 4.79 Å². The van der Waals surface area contributed by atoms with Crippen LogP contribution in [0.2, 0.25) is 0 Å². The van der Waals surface area contributed by atoms with Gasteiger partial charge in [0.15, 0.2) is 6.10 Å². The molecule has 0 aromatic heterocycles. The van der Waals surface area contributed by atoms with Crippen LogP contribution < -0.4 is 15.0 Å². The van der Waals surface area contributed by atoms with Crippen molar-refractivity contribution in [3.8, 4) is 5.75 Å². The number of carbonyl (C=O) groups is 1. The summed E-state index contributed by atoms with van der Waals surface area (Å²) in [5.74, 6) is 1.53. The van der Waals surface area contributed by atoms with Crippen LogP contribution in [0.4, 0.5) is 5.69 Å². The van der Waals surface area contributed by atoms with Crippen molar-refractivity contribution in [1.82, 2.24) is 5.32 Å². The van der Waals surface area contributed by atoms with Crippen molar-refractivity contribution < 1.29 is 9.53 Å². The maximum Gasteiger partial charge on any atom is 0.261 e. The Hall–Kier alpha value is -2.49. The van der Waals surface area contributed by atoms with E-state index in [1.165, 1.54) is 24.1 Å². The minimum Gasteiger partial charge on any atom is -0.480 e. The Morgan fingerprint density at radius 1 is 1.13 bits per heavy atom. The maximum absolute atomic E-state index is 12.8. The molecule has 0 saturated carbocycles. The molecule has 1 aliphatic heterocycles. The van der Waals surface area contributed by atoms with Gasteiger partial charge in [-0.15, -0.1) is 0 Å². The highest BCUT2D eigenvalue weighted by atomic mass is 16.5. The van der Waals surface area contributed by atoms with Gasteiger partial charge in [0.25, 0.3) is 5.91 Å². The summed E-state index contributed by atoms with van der Waals surface area (Å²) in [6.07, 6.45) is 2.64. The summed E-state index contributed by atoms with van der Waals surface area (Å²) in [5.41, 5.74) is 4.62. The van der Waals surface area contributed by atoms with E-state index in [1.54, 1.807) is 0 Å². The highest BCUT2D eigenvalue weighted by Crippen LogP contribution is 2.25. The first kappa shape index (κ1) is 22.2. The predicted octanol–water partition coefficient (Wildman–Crippen LogP) is 5.57. The zero-order chi connectivity index (χ0) is 21.7. The van der Waals surface area contributed by atoms with E-state index < -0.39 is 6.10 Å². The molecular formula is C26H36N2O2. The number of benzene rings is 2. The number of piperidine rings is 1. The van der Waals surface area contributed by atoms with Crippen molar-refractivity contribution in [3.05, 3.63) is 59.2 Å². The molecule has 1 fully saturated rings. The summed E-state index contributed by atoms with van der Waals surface area (Å²) >= 11 is 0. The summed E-state index contributed by atoms with van der Waals surface area (Å²) in [6.45, 7) is 12.7. The summed E-state index contributed by atoms with van der Waals surface area (Å²) in [6, 6.07) is 14.6. The molecule has 2 atom stereocenters. The number of rotatable bonds is 7. The number of aryl methyl sites for hydroxylation is 2. The first-order chi connectivity index (χ1) is 14.4. The molecule has 30 heavy (non-hydrogen) atoms. The van der Waals surface area contributed by atoms with Crippen LogP contribution in [0.15, 0.2) is 42.5 Å². The average molecular weight is 409 g/mol. The Kier molecular flexibility index (Phi) is 7.41. The number of nitrogens with zero attached hydrogens (tertiary/aromatic N) is 1. The van der Waals surface area contributed by atoms with E-state index in [1.807, 2.05) is 32.9 Å². The standard InChI is InChI=1S/C26H36N2O2/c1-6-24(30-25-12-7-19(3)17-20(25)4)26(29)27-21(5)22-8-10-23(11-9-22)28-15-13-18(2)14-16-28/h7-12,17-18,21,24H,6,13-16H2,1-5H3,(H,27,29)/t21-,24+/m0/s1. The van der Waals surface area contributed by atoms with Crippen LogP contribution >= 0.6 is 0 Å². The molecule has 0 spiro atoms. The molecule has 2 aromatic rings. The van der Waals surface area contributed by atoms with Crippen molar-refractivity contribution in [3.63, 3.8) is 0 Å². The molecule has 1 aliphatic rings. The van der Waals surface area contributed by atoms with E-state index in [-0.39, 0.29) is 11.9 Å². The minimum atomic E-state index is -0.497. The maximum atomic E-state index is 12.8. The second-order valence-electron chi connectivity index (χ2n) is 8.78. The van der Waals surface area contributed by atoms with Gasteiger partial charge in [-0.25, -0.2) is 0 Å². The lowest BCUT2D eigenvalue weighted by atomic mass is 9.98. The Labute approximate surface area is 181 Å². The van der Waals surface area contributed by atoms with Gasteiger partial charge in [-0.05, 0) is 75.3 Å². The molecule has 162 valence electrons. The number of carbonyl (C=O) groups excluding carboxylic acids is 1. The third-order valence-corrected chi connectivity index (χ3v) is 6.16. The van der Waals surface area contributed by atoms with E-state index in [4.69, 9.17) is 4.74 Å². The fourth-order valence-electron chi connectivity index (χ4n) is 4.04. The SMILES string of the molecule is CC[C@@H](Oc1ccc(C)cc1C)C(=O)N[C@@H](C)c1ccc(N2CCC(C)CC2)cc1. The van der Waals surface area contributed by atoms with E-state index >= 15 is 0 Å². The number of hydrogen-bond acceptors (Lipinski definition) is 3. The predicted molar refractivity (Wildman–Crippen MR) is 124 cm³/mol. The number of hydrogen-bond donors (Lipinski definition) is 1. The van der Waals surface area contributed by atoms with Crippen LogP contribution in [0.3, 0.4) is 0 Å². The van der Waals surface area contributed by atoms with Crippen molar-refractivity contribution in [2.75, 3.05) is 18.0 Å². The monoisotopic (exact) mass is 408 g/mol. The summed E-state index contributed by atoms with van der Waals surface area (Å²) < 4.78 is 6.04. The normalized spacial score (nSPS) is 16.8. The van der Waals surface area contributed by atoms with Crippen LogP contribution in [-0.2, 0) is 4.79 Å². The first-order valence-corrected chi connectivity index (χ1v) is 11.3. The van der Waals surface area contributed by atoms with E-state index in [0.717, 1.165) is 35.9 Å². The summed E-state index contributed by atoms with van der Waals surface area (Å²) in [5, 5.41) is 3.13. The van der Waals surface area contributed by atoms with Crippen molar-refractivity contribution in [1.29, 1.82) is 0 Å². The van der Waals surface area contributed by atoms with Crippen molar-refractivity contribution in [2.24, 2.45) is 5.92 Å². The zero-order valence-electron chi connectivity index (χ0n) is 19.1. The lowest BCUT2D eigenvalue weighted by Crippen LogP contribution is -2.39. The third kappa shape index (κ3) is 5.56. The molecule has 4 nitrogen and oxygen atoms in total. The molecule has 1 N–H and O–H groups in total. The Balaban J connectivity index is 1.59. The van der Waals surface area contributed by atoms with Gasteiger partial charge in [0, 0.05) is 18.8 Å².